The summed E-state index contributed by atoms with van der Waals surface area (Å²) < 4.78 is 0.446. The fourth-order valence-corrected chi connectivity index (χ4v) is 4.42. The van der Waals surface area contributed by atoms with Crippen LogP contribution in [0, 0.1) is 0 Å². The van der Waals surface area contributed by atoms with Crippen LogP contribution in [0.4, 0.5) is 0 Å². The smallest absolute Gasteiger partial charge is 0.249 e. The Bertz CT molecular complexity index is 382. The second-order valence-corrected chi connectivity index (χ2v) is 7.52. The van der Waals surface area contributed by atoms with E-state index in [2.05, 4.69) is 74.0 Å². The van der Waals surface area contributed by atoms with Crippen LogP contribution in [0.3, 0.4) is 0 Å². The van der Waals surface area contributed by atoms with Gasteiger partial charge in [0.15, 0.2) is 0 Å². The molecule has 0 aromatic carbocycles. The van der Waals surface area contributed by atoms with Gasteiger partial charge < -0.3 is 0 Å². The van der Waals surface area contributed by atoms with Crippen LogP contribution in [-0.2, 0) is 0 Å². The quantitative estimate of drug-likeness (QED) is 0.243. The molecule has 7 nitrogen and oxygen atoms in total. The Kier molecular flexibility index (Phi) is 10.8. The number of nitrogens with two attached hydrogens (primary N) is 1. The van der Waals surface area contributed by atoms with E-state index in [0.717, 1.165) is 45.6 Å². The second-order valence-electron chi connectivity index (χ2n) is 7.52. The number of hydrogen-bond donors (Lipinski definition) is 3. The van der Waals surface area contributed by atoms with Crippen molar-refractivity contribution in [2.45, 2.75) is 66.1 Å². The first-order valence-electron chi connectivity index (χ1n) is 10.4. The summed E-state index contributed by atoms with van der Waals surface area (Å²) in [6, 6.07) is 0. The summed E-state index contributed by atoms with van der Waals surface area (Å²) in [6.07, 6.45) is 2.23. The van der Waals surface area contributed by atoms with Crippen molar-refractivity contribution in [3.63, 3.8) is 0 Å². The highest BCUT2D eigenvalue weighted by atomic mass is 15.9. The molecule has 4 N–H and O–H groups in total. The highest BCUT2D eigenvalue weighted by Gasteiger charge is 2.62. The highest BCUT2D eigenvalue weighted by Crippen LogP contribution is 2.35. The maximum atomic E-state index is 7.04. The van der Waals surface area contributed by atoms with Gasteiger partial charge in [-0.2, -0.15) is 10.0 Å². The third-order valence-electron chi connectivity index (χ3n) is 6.00. The van der Waals surface area contributed by atoms with Gasteiger partial charge in [0.1, 0.15) is 0 Å². The molecule has 7 heteroatoms. The van der Waals surface area contributed by atoms with E-state index in [1.807, 2.05) is 21.1 Å². The van der Waals surface area contributed by atoms with E-state index in [1.165, 1.54) is 0 Å². The summed E-state index contributed by atoms with van der Waals surface area (Å²) in [5.74, 6) is -1.11. The van der Waals surface area contributed by atoms with Gasteiger partial charge in [0.25, 0.3) is 5.91 Å². The van der Waals surface area contributed by atoms with Crippen molar-refractivity contribution in [2.75, 3.05) is 60.9 Å². The zero-order valence-corrected chi connectivity index (χ0v) is 19.3. The largest absolute Gasteiger partial charge is 0.291 e. The fraction of sp³-hybridized carbons (Fsp3) is 1.00. The molecule has 0 aliphatic heterocycles. The van der Waals surface area contributed by atoms with E-state index in [0.29, 0.717) is 4.59 Å². The molecule has 0 aliphatic rings. The van der Waals surface area contributed by atoms with Gasteiger partial charge in [-0.15, -0.1) is 0 Å². The van der Waals surface area contributed by atoms with Crippen LogP contribution in [0.15, 0.2) is 0 Å². The van der Waals surface area contributed by atoms with Crippen LogP contribution in [0.2, 0.25) is 0 Å². The zero-order valence-electron chi connectivity index (χ0n) is 19.3. The van der Waals surface area contributed by atoms with E-state index >= 15 is 0 Å². The summed E-state index contributed by atoms with van der Waals surface area (Å²) >= 11 is 0. The van der Waals surface area contributed by atoms with Crippen molar-refractivity contribution < 1.29 is 4.59 Å². The molecular formula is C19H48N7+. The summed E-state index contributed by atoms with van der Waals surface area (Å²) in [6.45, 7) is 18.3. The third-order valence-corrected chi connectivity index (χ3v) is 6.00. The van der Waals surface area contributed by atoms with Gasteiger partial charge in [-0.05, 0) is 40.9 Å². The van der Waals surface area contributed by atoms with Gasteiger partial charge in [-0.3, -0.25) is 0 Å². The molecule has 3 atom stereocenters. The van der Waals surface area contributed by atoms with E-state index < -0.39 is 5.91 Å². The van der Waals surface area contributed by atoms with Crippen molar-refractivity contribution >= 4 is 0 Å². The summed E-state index contributed by atoms with van der Waals surface area (Å²) in [5, 5.41) is 3.41. The first-order chi connectivity index (χ1) is 12.1. The zero-order chi connectivity index (χ0) is 20.6. The molecular weight excluding hydrogens is 326 g/mol. The maximum absolute atomic E-state index is 7.04. The lowest BCUT2D eigenvalue weighted by Gasteiger charge is -2.63. The Hall–Kier alpha value is -0.280. The monoisotopic (exact) mass is 374 g/mol. The third kappa shape index (κ3) is 4.41. The van der Waals surface area contributed by atoms with Crippen molar-refractivity contribution in [3.05, 3.63) is 0 Å². The van der Waals surface area contributed by atoms with Gasteiger partial charge in [0.2, 0.25) is 5.79 Å². The SMILES string of the molecule is CCCN(CCC)C(C)(N(CC)CC)[N+](C)(NCC)C(N)(NC)N(C)C. The van der Waals surface area contributed by atoms with E-state index in [4.69, 9.17) is 5.73 Å². The maximum Gasteiger partial charge on any atom is 0.291 e. The molecule has 0 aromatic heterocycles. The number of nitrogens with one attached hydrogen (secondary N) is 2. The van der Waals surface area contributed by atoms with Gasteiger partial charge in [-0.1, -0.05) is 27.7 Å². The number of rotatable bonds is 14. The van der Waals surface area contributed by atoms with Crippen molar-refractivity contribution in [3.8, 4) is 0 Å². The molecule has 0 fully saturated rings. The second kappa shape index (κ2) is 10.9. The van der Waals surface area contributed by atoms with Crippen molar-refractivity contribution in [2.24, 2.45) is 5.73 Å². The van der Waals surface area contributed by atoms with Crippen LogP contribution in [0.5, 0.6) is 0 Å². The van der Waals surface area contributed by atoms with Crippen LogP contribution in [-0.4, -0.2) is 91.9 Å². The molecule has 0 spiro atoms. The van der Waals surface area contributed by atoms with Gasteiger partial charge >= 0.3 is 0 Å². The molecule has 0 aromatic rings. The molecule has 0 radical (unpaired) electrons. The molecule has 158 valence electrons. The molecule has 0 aliphatic carbocycles. The lowest BCUT2D eigenvalue weighted by molar-refractivity contribution is -1.07. The number of nitrogens with zero attached hydrogens (tertiary/aromatic N) is 4. The molecule has 0 rings (SSSR count). The lowest BCUT2D eigenvalue weighted by atomic mass is 10.1. The average molecular weight is 375 g/mol. The van der Waals surface area contributed by atoms with E-state index in [1.54, 1.807) is 0 Å². The van der Waals surface area contributed by atoms with E-state index in [9.17, 15) is 0 Å². The minimum absolute atomic E-state index is 0.326. The first kappa shape index (κ1) is 25.7. The van der Waals surface area contributed by atoms with Gasteiger partial charge in [-0.25, -0.2) is 25.8 Å². The normalized spacial score (nSPS) is 19.6. The minimum Gasteiger partial charge on any atom is -0.249 e. The molecule has 0 amide bonds. The molecule has 0 saturated heterocycles. The van der Waals surface area contributed by atoms with Crippen LogP contribution in [0.1, 0.15) is 54.4 Å². The molecule has 0 heterocycles. The summed E-state index contributed by atoms with van der Waals surface area (Å²) in [5.41, 5.74) is 10.8. The minimum atomic E-state index is -0.785. The lowest BCUT2D eigenvalue weighted by Crippen LogP contribution is -2.93. The molecule has 0 bridgehead atoms. The first-order valence-corrected chi connectivity index (χ1v) is 10.4. The van der Waals surface area contributed by atoms with Crippen LogP contribution < -0.4 is 16.5 Å². The predicted octanol–water partition coefficient (Wildman–Crippen LogP) is 1.45. The van der Waals surface area contributed by atoms with Crippen molar-refractivity contribution in [1.82, 2.24) is 25.4 Å². The Labute approximate surface area is 163 Å². The van der Waals surface area contributed by atoms with Crippen LogP contribution >= 0.6 is 0 Å². The fourth-order valence-electron chi connectivity index (χ4n) is 4.42. The molecule has 0 saturated carbocycles. The van der Waals surface area contributed by atoms with E-state index in [-0.39, 0.29) is 5.79 Å². The summed E-state index contributed by atoms with van der Waals surface area (Å²) in [4.78, 5) is 7.21. The Balaban J connectivity index is 6.71. The molecule has 26 heavy (non-hydrogen) atoms. The summed E-state index contributed by atoms with van der Waals surface area (Å²) in [7, 11) is 8.24. The average Bonchev–Trinajstić information content (AvgIpc) is 2.61. The van der Waals surface area contributed by atoms with Crippen LogP contribution in [0.25, 0.3) is 0 Å². The van der Waals surface area contributed by atoms with Gasteiger partial charge in [0, 0.05) is 39.6 Å². The Morgan fingerprint density at radius 3 is 1.65 bits per heavy atom. The topological polar surface area (TPSA) is 59.8 Å². The van der Waals surface area contributed by atoms with Crippen molar-refractivity contribution in [1.29, 1.82) is 0 Å². The highest BCUT2D eigenvalue weighted by molar-refractivity contribution is 4.82. The molecule has 3 unspecified atom stereocenters. The predicted molar refractivity (Wildman–Crippen MR) is 113 cm³/mol. The van der Waals surface area contributed by atoms with Gasteiger partial charge in [0.05, 0.1) is 7.05 Å². The Morgan fingerprint density at radius 1 is 0.923 bits per heavy atom. The standard InChI is InChI=1S/C19H48N7/c1-11-16-25(17-12-2)18(6,24(14-4)15-5)26(10,22-13-3)19(20,21-7)23(8)9/h21-22H,11-17,20H2,1-10H3/q+1. The number of hydrogen-bond acceptors (Lipinski definition) is 6. The Morgan fingerprint density at radius 2 is 1.38 bits per heavy atom. The number of quaternary nitrogens is 1.